The standard InChI is InChI=1S/C34H24N4O4/c35-16-20-42-27-12-6-3-9-24(27)31(40)29-28(30(39)22-13-17-36-18-14-22)34(25-10-4-5-11-26(25)37-33(34)41)32-23-8-2-1-7-21(23)15-19-38(29)32/h1-15,17-19,28-29,32H,20H2,(H,37,41)/t28-,29+,32-,34+/m1/s1. The Morgan fingerprint density at radius 2 is 1.69 bits per heavy atom. The molecule has 4 heterocycles. The van der Waals surface area contributed by atoms with Crippen LogP contribution in [0.4, 0.5) is 5.69 Å². The van der Waals surface area contributed by atoms with Crippen molar-refractivity contribution in [1.82, 2.24) is 9.88 Å². The van der Waals surface area contributed by atoms with Gasteiger partial charge < -0.3 is 15.0 Å². The first kappa shape index (κ1) is 25.4. The third kappa shape index (κ3) is 3.53. The molecule has 3 aromatic carbocycles. The molecule has 1 saturated heterocycles. The molecular formula is C34H24N4O4. The van der Waals surface area contributed by atoms with E-state index < -0.39 is 23.4 Å². The summed E-state index contributed by atoms with van der Waals surface area (Å²) in [5, 5.41) is 12.2. The number of nitrogens with one attached hydrogen (secondary N) is 1. The minimum absolute atomic E-state index is 0.236. The number of rotatable bonds is 6. The van der Waals surface area contributed by atoms with Gasteiger partial charge in [-0.25, -0.2) is 0 Å². The Kier molecular flexibility index (Phi) is 5.94. The topological polar surface area (TPSA) is 112 Å². The van der Waals surface area contributed by atoms with Gasteiger partial charge >= 0.3 is 0 Å². The summed E-state index contributed by atoms with van der Waals surface area (Å²) < 4.78 is 5.64. The van der Waals surface area contributed by atoms with E-state index in [1.807, 2.05) is 71.8 Å². The molecule has 1 spiro atoms. The van der Waals surface area contributed by atoms with Crippen molar-refractivity contribution in [2.24, 2.45) is 5.92 Å². The molecule has 4 atom stereocenters. The maximum atomic E-state index is 14.8. The van der Waals surface area contributed by atoms with Crippen LogP contribution < -0.4 is 10.1 Å². The quantitative estimate of drug-likeness (QED) is 0.336. The van der Waals surface area contributed by atoms with Crippen LogP contribution in [0.5, 0.6) is 5.75 Å². The van der Waals surface area contributed by atoms with Crippen LogP contribution in [0, 0.1) is 17.2 Å². The molecule has 1 N–H and O–H groups in total. The van der Waals surface area contributed by atoms with Gasteiger partial charge in [-0.2, -0.15) is 5.26 Å². The van der Waals surface area contributed by atoms with Gasteiger partial charge in [-0.05, 0) is 53.1 Å². The molecular weight excluding hydrogens is 528 g/mol. The molecule has 7 rings (SSSR count). The fraction of sp³-hybridized carbons (Fsp3) is 0.147. The number of hydrogen-bond donors (Lipinski definition) is 1. The lowest BCUT2D eigenvalue weighted by Gasteiger charge is -2.38. The van der Waals surface area contributed by atoms with Gasteiger partial charge in [-0.15, -0.1) is 0 Å². The van der Waals surface area contributed by atoms with E-state index >= 15 is 0 Å². The predicted octanol–water partition coefficient (Wildman–Crippen LogP) is 4.97. The average molecular weight is 553 g/mol. The number of carbonyl (C=O) groups excluding carboxylic acids is 3. The van der Waals surface area contributed by atoms with E-state index in [1.54, 1.807) is 36.4 Å². The third-order valence-corrected chi connectivity index (χ3v) is 8.53. The number of nitriles is 1. The number of nitrogens with zero attached hydrogens (tertiary/aromatic N) is 3. The van der Waals surface area contributed by atoms with Crippen molar-refractivity contribution in [3.8, 4) is 11.8 Å². The van der Waals surface area contributed by atoms with Crippen molar-refractivity contribution < 1.29 is 19.1 Å². The first-order valence-electron chi connectivity index (χ1n) is 13.6. The summed E-state index contributed by atoms with van der Waals surface area (Å²) in [5.74, 6) is -1.91. The summed E-state index contributed by atoms with van der Waals surface area (Å²) >= 11 is 0. The molecule has 8 heteroatoms. The number of carbonyl (C=O) groups is 3. The van der Waals surface area contributed by atoms with Crippen molar-refractivity contribution in [1.29, 1.82) is 5.26 Å². The number of anilines is 1. The maximum Gasteiger partial charge on any atom is 0.238 e. The number of amides is 1. The predicted molar refractivity (Wildman–Crippen MR) is 155 cm³/mol. The van der Waals surface area contributed by atoms with Crippen LogP contribution in [-0.2, 0) is 10.2 Å². The van der Waals surface area contributed by atoms with Crippen LogP contribution in [-0.4, -0.2) is 40.0 Å². The minimum Gasteiger partial charge on any atom is -0.478 e. The molecule has 3 aliphatic heterocycles. The normalized spacial score (nSPS) is 23.0. The van der Waals surface area contributed by atoms with Crippen LogP contribution in [0.15, 0.2) is 104 Å². The Hall–Kier alpha value is -5.55. The van der Waals surface area contributed by atoms with Crippen molar-refractivity contribution in [2.75, 3.05) is 11.9 Å². The van der Waals surface area contributed by atoms with Gasteiger partial charge in [-0.1, -0.05) is 54.6 Å². The third-order valence-electron chi connectivity index (χ3n) is 8.53. The molecule has 0 radical (unpaired) electrons. The molecule has 0 aliphatic carbocycles. The number of para-hydroxylation sites is 2. The summed E-state index contributed by atoms with van der Waals surface area (Å²) in [6.07, 6.45) is 6.80. The second-order valence-electron chi connectivity index (χ2n) is 10.5. The van der Waals surface area contributed by atoms with Gasteiger partial charge in [0.05, 0.1) is 17.5 Å². The molecule has 0 unspecified atom stereocenters. The summed E-state index contributed by atoms with van der Waals surface area (Å²) in [4.78, 5) is 49.9. The van der Waals surface area contributed by atoms with E-state index in [0.717, 1.165) is 11.1 Å². The van der Waals surface area contributed by atoms with E-state index in [9.17, 15) is 14.4 Å². The monoisotopic (exact) mass is 552 g/mol. The van der Waals surface area contributed by atoms with Gasteiger partial charge in [0.15, 0.2) is 18.2 Å². The molecule has 1 amide bonds. The highest BCUT2D eigenvalue weighted by Gasteiger charge is 2.70. The van der Waals surface area contributed by atoms with E-state index in [2.05, 4.69) is 10.3 Å². The van der Waals surface area contributed by atoms with Crippen molar-refractivity contribution in [2.45, 2.75) is 17.5 Å². The van der Waals surface area contributed by atoms with Gasteiger partial charge in [0.25, 0.3) is 0 Å². The first-order chi connectivity index (χ1) is 20.6. The van der Waals surface area contributed by atoms with Crippen LogP contribution in [0.25, 0.3) is 6.08 Å². The van der Waals surface area contributed by atoms with Crippen molar-refractivity contribution in [3.05, 3.63) is 131 Å². The maximum absolute atomic E-state index is 14.8. The fourth-order valence-electron chi connectivity index (χ4n) is 6.93. The molecule has 1 aromatic heterocycles. The Bertz CT molecular complexity index is 1830. The molecule has 42 heavy (non-hydrogen) atoms. The SMILES string of the molecule is N#CCOc1ccccc1C(=O)[C@@H]1[C@H](C(=O)c2ccncc2)[C@]2(C(=O)Nc3ccccc32)[C@H]2c3ccccc3C=CN12. The molecule has 0 bridgehead atoms. The van der Waals surface area contributed by atoms with Gasteiger partial charge in [-0.3, -0.25) is 19.4 Å². The second-order valence-corrected chi connectivity index (χ2v) is 10.5. The Morgan fingerprint density at radius 3 is 2.52 bits per heavy atom. The minimum atomic E-state index is -1.43. The number of ether oxygens (including phenoxy) is 1. The summed E-state index contributed by atoms with van der Waals surface area (Å²) in [5.41, 5.74) is 2.22. The summed E-state index contributed by atoms with van der Waals surface area (Å²) in [6.45, 7) is -0.242. The number of hydrogen-bond acceptors (Lipinski definition) is 7. The molecule has 204 valence electrons. The number of fused-ring (bicyclic) bond motifs is 6. The number of pyridine rings is 1. The number of benzene rings is 3. The zero-order valence-corrected chi connectivity index (χ0v) is 22.3. The van der Waals surface area contributed by atoms with Crippen LogP contribution in [0.3, 0.4) is 0 Å². The zero-order valence-electron chi connectivity index (χ0n) is 22.3. The largest absolute Gasteiger partial charge is 0.478 e. The zero-order chi connectivity index (χ0) is 28.8. The molecule has 3 aliphatic rings. The molecule has 4 aromatic rings. The summed E-state index contributed by atoms with van der Waals surface area (Å²) in [7, 11) is 0. The fourth-order valence-corrected chi connectivity index (χ4v) is 6.93. The Morgan fingerprint density at radius 1 is 0.952 bits per heavy atom. The van der Waals surface area contributed by atoms with Crippen LogP contribution in [0.1, 0.15) is 43.4 Å². The lowest BCUT2D eigenvalue weighted by Crippen LogP contribution is -2.49. The van der Waals surface area contributed by atoms with Crippen LogP contribution >= 0.6 is 0 Å². The van der Waals surface area contributed by atoms with Crippen molar-refractivity contribution in [3.63, 3.8) is 0 Å². The van der Waals surface area contributed by atoms with Gasteiger partial charge in [0, 0.05) is 29.8 Å². The van der Waals surface area contributed by atoms with Gasteiger partial charge in [0.1, 0.15) is 23.3 Å². The average Bonchev–Trinajstić information content (AvgIpc) is 3.52. The highest BCUT2D eigenvalue weighted by Crippen LogP contribution is 2.62. The summed E-state index contributed by atoms with van der Waals surface area (Å²) in [6, 6.07) is 25.3. The van der Waals surface area contributed by atoms with Crippen LogP contribution in [0.2, 0.25) is 0 Å². The molecule has 0 saturated carbocycles. The highest BCUT2D eigenvalue weighted by molar-refractivity contribution is 6.17. The Balaban J connectivity index is 1.52. The van der Waals surface area contributed by atoms with Crippen molar-refractivity contribution >= 4 is 29.2 Å². The lowest BCUT2D eigenvalue weighted by atomic mass is 9.62. The number of ketones is 2. The Labute approximate surface area is 241 Å². The van der Waals surface area contributed by atoms with Gasteiger partial charge in [0.2, 0.25) is 5.91 Å². The first-order valence-corrected chi connectivity index (χ1v) is 13.6. The molecule has 1 fully saturated rings. The number of Topliss-reactive ketones (excluding diaryl/α,β-unsaturated/α-hetero) is 2. The van der Waals surface area contributed by atoms with E-state index in [4.69, 9.17) is 10.00 Å². The van der Waals surface area contributed by atoms with E-state index in [1.165, 1.54) is 12.4 Å². The molecule has 8 nitrogen and oxygen atoms in total. The second kappa shape index (κ2) is 9.82. The lowest BCUT2D eigenvalue weighted by molar-refractivity contribution is -0.122. The number of aromatic nitrogens is 1. The van der Waals surface area contributed by atoms with E-state index in [-0.39, 0.29) is 35.4 Å². The smallest absolute Gasteiger partial charge is 0.238 e. The van der Waals surface area contributed by atoms with E-state index in [0.29, 0.717) is 16.8 Å². The highest BCUT2D eigenvalue weighted by atomic mass is 16.5.